The number of fused-ring (bicyclic) bond motifs is 1. The summed E-state index contributed by atoms with van der Waals surface area (Å²) in [5.74, 6) is -1.59. The Morgan fingerprint density at radius 1 is 0.852 bits per heavy atom. The molecule has 0 saturated heterocycles. The van der Waals surface area contributed by atoms with Gasteiger partial charge in [0.1, 0.15) is 17.5 Å². The lowest BCUT2D eigenvalue weighted by atomic mass is 9.85. The summed E-state index contributed by atoms with van der Waals surface area (Å²) in [4.78, 5) is 0. The van der Waals surface area contributed by atoms with Crippen LogP contribution in [0.4, 0.5) is 13.2 Å². The minimum atomic E-state index is -0.611. The van der Waals surface area contributed by atoms with Gasteiger partial charge < -0.3 is 0 Å². The average molecular weight is 364 g/mol. The normalized spacial score (nSPS) is 13.3. The molecular formula is C24H19F3. The van der Waals surface area contributed by atoms with Gasteiger partial charge in [-0.1, -0.05) is 49.4 Å². The number of allylic oxidation sites excluding steroid dienone is 2. The third-order valence-corrected chi connectivity index (χ3v) is 5.21. The molecule has 136 valence electrons. The van der Waals surface area contributed by atoms with Crippen LogP contribution in [-0.4, -0.2) is 0 Å². The lowest BCUT2D eigenvalue weighted by Crippen LogP contribution is -2.08. The fraction of sp³-hybridized carbons (Fsp3) is 0.167. The van der Waals surface area contributed by atoms with Crippen LogP contribution in [0.3, 0.4) is 0 Å². The number of halogens is 3. The molecule has 0 nitrogen and oxygen atoms in total. The van der Waals surface area contributed by atoms with Crippen LogP contribution >= 0.6 is 0 Å². The zero-order valence-electron chi connectivity index (χ0n) is 15.0. The predicted molar refractivity (Wildman–Crippen MR) is 103 cm³/mol. The third-order valence-electron chi connectivity index (χ3n) is 5.21. The molecule has 0 unspecified atom stereocenters. The van der Waals surface area contributed by atoms with E-state index in [0.29, 0.717) is 29.5 Å². The van der Waals surface area contributed by atoms with Crippen molar-refractivity contribution in [2.45, 2.75) is 26.2 Å². The molecule has 0 N–H and O–H groups in total. The van der Waals surface area contributed by atoms with Crippen molar-refractivity contribution in [1.29, 1.82) is 0 Å². The molecule has 0 heterocycles. The maximum absolute atomic E-state index is 15.1. The Kier molecular flexibility index (Phi) is 4.61. The first-order valence-corrected chi connectivity index (χ1v) is 9.11. The summed E-state index contributed by atoms with van der Waals surface area (Å²) in [5.41, 5.74) is 4.88. The fourth-order valence-electron chi connectivity index (χ4n) is 3.65. The van der Waals surface area contributed by atoms with Crippen molar-refractivity contribution in [3.8, 4) is 11.1 Å². The SMILES string of the molecule is CCc1ccc(C2=CCc3c(cc(F)c(-c4ccc(F)cc4)c3F)C2)cc1. The molecule has 0 radical (unpaired) electrons. The van der Waals surface area contributed by atoms with Crippen LogP contribution in [0.1, 0.15) is 29.2 Å². The lowest BCUT2D eigenvalue weighted by molar-refractivity contribution is 0.577. The highest BCUT2D eigenvalue weighted by Gasteiger charge is 2.22. The van der Waals surface area contributed by atoms with Crippen molar-refractivity contribution in [1.82, 2.24) is 0 Å². The van der Waals surface area contributed by atoms with Gasteiger partial charge in [-0.25, -0.2) is 13.2 Å². The van der Waals surface area contributed by atoms with Crippen molar-refractivity contribution in [3.63, 3.8) is 0 Å². The zero-order valence-corrected chi connectivity index (χ0v) is 15.0. The van der Waals surface area contributed by atoms with E-state index in [2.05, 4.69) is 31.2 Å². The Bertz CT molecular complexity index is 1010. The summed E-state index contributed by atoms with van der Waals surface area (Å²) in [6.45, 7) is 2.11. The van der Waals surface area contributed by atoms with Gasteiger partial charge in [0, 0.05) is 0 Å². The van der Waals surface area contributed by atoms with Gasteiger partial charge in [0.05, 0.1) is 5.56 Å². The maximum atomic E-state index is 15.1. The van der Waals surface area contributed by atoms with Crippen molar-refractivity contribution in [2.75, 3.05) is 0 Å². The highest BCUT2D eigenvalue weighted by molar-refractivity contribution is 5.73. The molecule has 1 aliphatic carbocycles. The molecule has 3 aromatic carbocycles. The van der Waals surface area contributed by atoms with Crippen LogP contribution in [0.2, 0.25) is 0 Å². The topological polar surface area (TPSA) is 0 Å². The van der Waals surface area contributed by atoms with Crippen LogP contribution in [0, 0.1) is 17.5 Å². The summed E-state index contributed by atoms with van der Waals surface area (Å²) in [6.07, 6.45) is 3.91. The first kappa shape index (κ1) is 17.6. The third kappa shape index (κ3) is 3.30. The molecule has 0 bridgehead atoms. The van der Waals surface area contributed by atoms with Crippen LogP contribution in [0.25, 0.3) is 16.7 Å². The van der Waals surface area contributed by atoms with E-state index in [4.69, 9.17) is 0 Å². The minimum absolute atomic E-state index is 0.0853. The fourth-order valence-corrected chi connectivity index (χ4v) is 3.65. The second-order valence-corrected chi connectivity index (χ2v) is 6.85. The number of hydrogen-bond donors (Lipinski definition) is 0. The first-order chi connectivity index (χ1) is 13.1. The zero-order chi connectivity index (χ0) is 19.0. The molecule has 0 fully saturated rings. The summed E-state index contributed by atoms with van der Waals surface area (Å²) in [6, 6.07) is 15.0. The van der Waals surface area contributed by atoms with Crippen molar-refractivity contribution in [3.05, 3.63) is 100 Å². The van der Waals surface area contributed by atoms with E-state index in [1.54, 1.807) is 0 Å². The van der Waals surface area contributed by atoms with Crippen LogP contribution in [-0.2, 0) is 19.3 Å². The molecule has 3 aromatic rings. The Labute approximate surface area is 157 Å². The van der Waals surface area contributed by atoms with Crippen LogP contribution in [0.15, 0.2) is 60.7 Å². The van der Waals surface area contributed by atoms with Gasteiger partial charge in [-0.3, -0.25) is 0 Å². The largest absolute Gasteiger partial charge is 0.207 e. The Morgan fingerprint density at radius 3 is 2.19 bits per heavy atom. The highest BCUT2D eigenvalue weighted by Crippen LogP contribution is 2.35. The molecule has 4 rings (SSSR count). The second kappa shape index (κ2) is 7.07. The summed E-state index contributed by atoms with van der Waals surface area (Å²) >= 11 is 0. The molecule has 27 heavy (non-hydrogen) atoms. The number of aryl methyl sites for hydroxylation is 1. The summed E-state index contributed by atoms with van der Waals surface area (Å²) in [7, 11) is 0. The van der Waals surface area contributed by atoms with Crippen molar-refractivity contribution >= 4 is 5.57 Å². The van der Waals surface area contributed by atoms with Crippen molar-refractivity contribution < 1.29 is 13.2 Å². The van der Waals surface area contributed by atoms with Gasteiger partial charge in [-0.05, 0) is 70.9 Å². The Morgan fingerprint density at radius 2 is 1.52 bits per heavy atom. The van der Waals surface area contributed by atoms with Gasteiger partial charge in [0.2, 0.25) is 0 Å². The Hall–Kier alpha value is -2.81. The predicted octanol–water partition coefficient (Wildman–Crippen LogP) is 6.52. The smallest absolute Gasteiger partial charge is 0.137 e. The monoisotopic (exact) mass is 364 g/mol. The number of hydrogen-bond acceptors (Lipinski definition) is 0. The van der Waals surface area contributed by atoms with E-state index in [1.807, 2.05) is 6.08 Å². The van der Waals surface area contributed by atoms with E-state index in [0.717, 1.165) is 17.6 Å². The van der Waals surface area contributed by atoms with E-state index >= 15 is 4.39 Å². The van der Waals surface area contributed by atoms with Gasteiger partial charge >= 0.3 is 0 Å². The second-order valence-electron chi connectivity index (χ2n) is 6.85. The summed E-state index contributed by atoms with van der Waals surface area (Å²) < 4.78 is 42.9. The number of rotatable bonds is 3. The first-order valence-electron chi connectivity index (χ1n) is 9.11. The van der Waals surface area contributed by atoms with E-state index in [-0.39, 0.29) is 5.56 Å². The van der Waals surface area contributed by atoms with Crippen molar-refractivity contribution in [2.24, 2.45) is 0 Å². The molecule has 0 aromatic heterocycles. The molecule has 0 atom stereocenters. The maximum Gasteiger partial charge on any atom is 0.137 e. The molecule has 0 saturated carbocycles. The highest BCUT2D eigenvalue weighted by atomic mass is 19.1. The van der Waals surface area contributed by atoms with Gasteiger partial charge in [-0.15, -0.1) is 0 Å². The number of benzene rings is 3. The molecule has 0 aliphatic heterocycles. The van der Waals surface area contributed by atoms with E-state index in [1.165, 1.54) is 35.9 Å². The standard InChI is InChI=1S/C24H19F3/c1-2-15-3-5-16(6-4-15)18-9-12-21-19(13-18)14-22(26)23(24(21)27)17-7-10-20(25)11-8-17/h3-11,14H,2,12-13H2,1H3. The average Bonchev–Trinajstić information content (AvgIpc) is 2.69. The minimum Gasteiger partial charge on any atom is -0.207 e. The molecule has 3 heteroatoms. The van der Waals surface area contributed by atoms with Gasteiger partial charge in [0.15, 0.2) is 0 Å². The van der Waals surface area contributed by atoms with Gasteiger partial charge in [0.25, 0.3) is 0 Å². The summed E-state index contributed by atoms with van der Waals surface area (Å²) in [5, 5.41) is 0. The molecule has 1 aliphatic rings. The molecule has 0 amide bonds. The van der Waals surface area contributed by atoms with Gasteiger partial charge in [-0.2, -0.15) is 0 Å². The van der Waals surface area contributed by atoms with E-state index in [9.17, 15) is 8.78 Å². The van der Waals surface area contributed by atoms with Crippen LogP contribution in [0.5, 0.6) is 0 Å². The van der Waals surface area contributed by atoms with E-state index < -0.39 is 17.5 Å². The molecular weight excluding hydrogens is 345 g/mol. The Balaban J connectivity index is 1.70. The van der Waals surface area contributed by atoms with Crippen LogP contribution < -0.4 is 0 Å². The molecule has 0 spiro atoms. The lowest BCUT2D eigenvalue weighted by Gasteiger charge is -2.20. The quantitative estimate of drug-likeness (QED) is 0.497.